The van der Waals surface area contributed by atoms with Crippen LogP contribution in [0, 0.1) is 15.9 Å². The van der Waals surface area contributed by atoms with Crippen LogP contribution in [0.1, 0.15) is 41.6 Å². The lowest BCUT2D eigenvalue weighted by molar-refractivity contribution is -0.384. The van der Waals surface area contributed by atoms with Gasteiger partial charge in [-0.15, -0.1) is 0 Å². The molecule has 7 heteroatoms. The molecule has 2 N–H and O–H groups in total. The van der Waals surface area contributed by atoms with Crippen molar-refractivity contribution in [3.63, 3.8) is 0 Å². The molecular formula is C20H18FN3O3. The zero-order valence-corrected chi connectivity index (χ0v) is 14.5. The van der Waals surface area contributed by atoms with Crippen LogP contribution in [-0.4, -0.2) is 15.8 Å². The number of benzene rings is 2. The third-order valence-electron chi connectivity index (χ3n) is 5.33. The van der Waals surface area contributed by atoms with E-state index in [0.29, 0.717) is 16.5 Å². The fourth-order valence-corrected chi connectivity index (χ4v) is 3.93. The molecule has 0 aliphatic heterocycles. The second-order valence-corrected chi connectivity index (χ2v) is 6.94. The molecular weight excluding hydrogens is 349 g/mol. The number of nitro groups is 1. The Balaban J connectivity index is 1.70. The third-order valence-corrected chi connectivity index (χ3v) is 5.33. The Hall–Kier alpha value is -3.22. The van der Waals surface area contributed by atoms with E-state index in [0.717, 1.165) is 31.2 Å². The minimum Gasteiger partial charge on any atom is -0.360 e. The second-order valence-electron chi connectivity index (χ2n) is 6.94. The minimum atomic E-state index is -0.547. The number of hydrogen-bond acceptors (Lipinski definition) is 3. The first kappa shape index (κ1) is 17.2. The Morgan fingerprint density at radius 2 is 1.85 bits per heavy atom. The number of non-ortho nitro benzene ring substituents is 1. The maximum atomic E-state index is 13.3. The molecule has 1 aromatic heterocycles. The monoisotopic (exact) mass is 367 g/mol. The number of amides is 1. The highest BCUT2D eigenvalue weighted by molar-refractivity contribution is 6.07. The maximum Gasteiger partial charge on any atom is 0.270 e. The number of carbonyl (C=O) groups is 1. The molecule has 0 saturated heterocycles. The van der Waals surface area contributed by atoms with Gasteiger partial charge >= 0.3 is 0 Å². The normalized spacial score (nSPS) is 15.7. The number of halogens is 1. The Morgan fingerprint density at radius 1 is 1.15 bits per heavy atom. The quantitative estimate of drug-likeness (QED) is 0.529. The molecule has 4 rings (SSSR count). The van der Waals surface area contributed by atoms with Gasteiger partial charge in [0.05, 0.1) is 16.0 Å². The Kier molecular flexibility index (Phi) is 4.14. The summed E-state index contributed by atoms with van der Waals surface area (Å²) < 4.78 is 13.3. The van der Waals surface area contributed by atoms with Crippen LogP contribution in [0.3, 0.4) is 0 Å². The lowest BCUT2D eigenvalue weighted by Crippen LogP contribution is -2.43. The summed E-state index contributed by atoms with van der Waals surface area (Å²) >= 11 is 0. The number of rotatable bonds is 4. The van der Waals surface area contributed by atoms with Crippen molar-refractivity contribution in [1.29, 1.82) is 0 Å². The number of aromatic amines is 1. The van der Waals surface area contributed by atoms with Gasteiger partial charge in [-0.25, -0.2) is 4.39 Å². The summed E-state index contributed by atoms with van der Waals surface area (Å²) in [5.74, 6) is -0.616. The van der Waals surface area contributed by atoms with Crippen molar-refractivity contribution in [2.45, 2.75) is 31.2 Å². The molecule has 6 nitrogen and oxygen atoms in total. The van der Waals surface area contributed by atoms with Gasteiger partial charge in [-0.3, -0.25) is 14.9 Å². The first-order valence-electron chi connectivity index (χ1n) is 8.83. The van der Waals surface area contributed by atoms with Gasteiger partial charge in [-0.05, 0) is 36.6 Å². The maximum absolute atomic E-state index is 13.3. The molecule has 0 radical (unpaired) electrons. The smallest absolute Gasteiger partial charge is 0.270 e. The summed E-state index contributed by atoms with van der Waals surface area (Å²) in [5.41, 5.74) is 1.29. The summed E-state index contributed by atoms with van der Waals surface area (Å²) in [6.45, 7) is 0. The molecule has 3 aromatic rings. The van der Waals surface area contributed by atoms with Crippen LogP contribution in [0.25, 0.3) is 10.9 Å². The van der Waals surface area contributed by atoms with Crippen molar-refractivity contribution >= 4 is 22.5 Å². The van der Waals surface area contributed by atoms with Crippen LogP contribution in [0.2, 0.25) is 0 Å². The highest BCUT2D eigenvalue weighted by Crippen LogP contribution is 2.39. The molecule has 1 heterocycles. The summed E-state index contributed by atoms with van der Waals surface area (Å²) in [4.78, 5) is 26.6. The van der Waals surface area contributed by atoms with Gasteiger partial charge in [-0.2, -0.15) is 0 Å². The van der Waals surface area contributed by atoms with E-state index < -0.39 is 10.5 Å². The van der Waals surface area contributed by atoms with Crippen molar-refractivity contribution in [2.75, 3.05) is 0 Å². The molecule has 1 aliphatic rings. The molecule has 1 saturated carbocycles. The second kappa shape index (κ2) is 6.50. The zero-order chi connectivity index (χ0) is 19.0. The number of carbonyl (C=O) groups excluding carboxylic acids is 1. The first-order chi connectivity index (χ1) is 13.0. The summed E-state index contributed by atoms with van der Waals surface area (Å²) in [6, 6.07) is 10.6. The van der Waals surface area contributed by atoms with E-state index in [1.807, 2.05) is 0 Å². The van der Waals surface area contributed by atoms with Crippen molar-refractivity contribution in [2.24, 2.45) is 0 Å². The van der Waals surface area contributed by atoms with Crippen LogP contribution in [-0.2, 0) is 5.54 Å². The Labute approximate surface area is 154 Å². The van der Waals surface area contributed by atoms with Gasteiger partial charge in [0.1, 0.15) is 5.82 Å². The molecule has 27 heavy (non-hydrogen) atoms. The topological polar surface area (TPSA) is 88.0 Å². The van der Waals surface area contributed by atoms with Gasteiger partial charge in [0.2, 0.25) is 0 Å². The van der Waals surface area contributed by atoms with Gasteiger partial charge in [-0.1, -0.05) is 25.0 Å². The van der Waals surface area contributed by atoms with Gasteiger partial charge in [0.15, 0.2) is 0 Å². The first-order valence-corrected chi connectivity index (χ1v) is 8.83. The van der Waals surface area contributed by atoms with Gasteiger partial charge in [0, 0.05) is 29.2 Å². The molecule has 0 bridgehead atoms. The average Bonchev–Trinajstić information content (AvgIpc) is 3.29. The number of H-pyrrole nitrogens is 1. The summed E-state index contributed by atoms with van der Waals surface area (Å²) in [7, 11) is 0. The Bertz CT molecular complexity index is 1020. The molecule has 0 atom stereocenters. The van der Waals surface area contributed by atoms with E-state index in [1.165, 1.54) is 24.3 Å². The standard InChI is InChI=1S/C20H18FN3O3/c21-14-5-3-13(4-6-14)20(9-1-2-10-20)23-19(25)17-12-22-18-8-7-15(24(26)27)11-16(17)18/h3-8,11-12,22H,1-2,9-10H2,(H,23,25). The number of nitro benzene ring substituents is 1. The van der Waals surface area contributed by atoms with Gasteiger partial charge < -0.3 is 10.3 Å². The van der Waals surface area contributed by atoms with E-state index in [-0.39, 0.29) is 17.4 Å². The molecule has 1 amide bonds. The van der Waals surface area contributed by atoms with E-state index in [2.05, 4.69) is 10.3 Å². The predicted octanol–water partition coefficient (Wildman–Crippen LogP) is 4.41. The molecule has 138 valence electrons. The lowest BCUT2D eigenvalue weighted by Gasteiger charge is -2.31. The van der Waals surface area contributed by atoms with Crippen molar-refractivity contribution < 1.29 is 14.1 Å². The van der Waals surface area contributed by atoms with Crippen LogP contribution in [0.15, 0.2) is 48.7 Å². The molecule has 2 aromatic carbocycles. The molecule has 1 fully saturated rings. The van der Waals surface area contributed by atoms with Crippen molar-refractivity contribution in [3.8, 4) is 0 Å². The van der Waals surface area contributed by atoms with Crippen LogP contribution in [0.4, 0.5) is 10.1 Å². The fourth-order valence-electron chi connectivity index (χ4n) is 3.93. The van der Waals surface area contributed by atoms with Crippen LogP contribution in [0.5, 0.6) is 0 Å². The van der Waals surface area contributed by atoms with Crippen molar-refractivity contribution in [1.82, 2.24) is 10.3 Å². The SMILES string of the molecule is O=C(NC1(c2ccc(F)cc2)CCCC1)c1c[nH]c2ccc([N+](=O)[O-])cc12. The van der Waals surface area contributed by atoms with Crippen molar-refractivity contribution in [3.05, 3.63) is 75.7 Å². The largest absolute Gasteiger partial charge is 0.360 e. The minimum absolute atomic E-state index is 0.0646. The molecule has 0 unspecified atom stereocenters. The van der Waals surface area contributed by atoms with Crippen LogP contribution >= 0.6 is 0 Å². The highest BCUT2D eigenvalue weighted by atomic mass is 19.1. The fraction of sp³-hybridized carbons (Fsp3) is 0.250. The number of nitrogens with one attached hydrogen (secondary N) is 2. The van der Waals surface area contributed by atoms with Crippen LogP contribution < -0.4 is 5.32 Å². The summed E-state index contributed by atoms with van der Waals surface area (Å²) in [5, 5.41) is 14.7. The zero-order valence-electron chi connectivity index (χ0n) is 14.5. The number of nitrogens with zero attached hydrogens (tertiary/aromatic N) is 1. The van der Waals surface area contributed by atoms with Gasteiger partial charge in [0.25, 0.3) is 11.6 Å². The predicted molar refractivity (Wildman–Crippen MR) is 99.0 cm³/mol. The van der Waals surface area contributed by atoms with E-state index >= 15 is 0 Å². The summed E-state index contributed by atoms with van der Waals surface area (Å²) in [6.07, 6.45) is 5.05. The molecule has 1 aliphatic carbocycles. The number of hydrogen-bond donors (Lipinski definition) is 2. The number of aromatic nitrogens is 1. The molecule has 0 spiro atoms. The average molecular weight is 367 g/mol. The van der Waals surface area contributed by atoms with E-state index in [4.69, 9.17) is 0 Å². The number of fused-ring (bicyclic) bond motifs is 1. The highest BCUT2D eigenvalue weighted by Gasteiger charge is 2.37. The van der Waals surface area contributed by atoms with E-state index in [1.54, 1.807) is 24.4 Å². The Morgan fingerprint density at radius 3 is 2.52 bits per heavy atom. The third kappa shape index (κ3) is 3.05. The lowest BCUT2D eigenvalue weighted by atomic mass is 9.87. The van der Waals surface area contributed by atoms with E-state index in [9.17, 15) is 19.3 Å².